The predicted molar refractivity (Wildman–Crippen MR) is 70.1 cm³/mol. The summed E-state index contributed by atoms with van der Waals surface area (Å²) in [6.45, 7) is 7.50. The van der Waals surface area contributed by atoms with Crippen LogP contribution in [-0.4, -0.2) is 16.1 Å². The van der Waals surface area contributed by atoms with Gasteiger partial charge in [0.25, 0.3) is 0 Å². The SMILES string of the molecule is C=Cc1ccc2ncc(C#N)c(OC(C)C)c2n1. The second-order valence-electron chi connectivity index (χ2n) is 4.09. The molecule has 4 nitrogen and oxygen atoms in total. The van der Waals surface area contributed by atoms with Crippen molar-refractivity contribution < 1.29 is 4.74 Å². The average molecular weight is 239 g/mol. The van der Waals surface area contributed by atoms with E-state index in [-0.39, 0.29) is 6.10 Å². The molecule has 4 heteroatoms. The van der Waals surface area contributed by atoms with Gasteiger partial charge < -0.3 is 4.74 Å². The summed E-state index contributed by atoms with van der Waals surface area (Å²) in [5.41, 5.74) is 2.42. The maximum atomic E-state index is 9.10. The van der Waals surface area contributed by atoms with Crippen molar-refractivity contribution in [3.63, 3.8) is 0 Å². The van der Waals surface area contributed by atoms with Gasteiger partial charge in [0.2, 0.25) is 0 Å². The third-order valence-corrected chi connectivity index (χ3v) is 2.37. The van der Waals surface area contributed by atoms with E-state index in [4.69, 9.17) is 10.00 Å². The lowest BCUT2D eigenvalue weighted by Gasteiger charge is -2.13. The fourth-order valence-corrected chi connectivity index (χ4v) is 1.61. The summed E-state index contributed by atoms with van der Waals surface area (Å²) >= 11 is 0. The molecule has 0 bridgehead atoms. The highest BCUT2D eigenvalue weighted by Crippen LogP contribution is 2.27. The zero-order chi connectivity index (χ0) is 13.1. The Morgan fingerprint density at radius 2 is 2.22 bits per heavy atom. The minimum atomic E-state index is -0.0307. The summed E-state index contributed by atoms with van der Waals surface area (Å²) < 4.78 is 5.69. The van der Waals surface area contributed by atoms with E-state index in [1.165, 1.54) is 6.20 Å². The Morgan fingerprint density at radius 3 is 2.83 bits per heavy atom. The van der Waals surface area contributed by atoms with Gasteiger partial charge in [-0.05, 0) is 32.1 Å². The molecule has 0 aliphatic heterocycles. The molecule has 2 aromatic rings. The molecule has 0 radical (unpaired) electrons. The minimum Gasteiger partial charge on any atom is -0.487 e. The first-order chi connectivity index (χ1) is 8.65. The van der Waals surface area contributed by atoms with Crippen LogP contribution in [0.2, 0.25) is 0 Å². The Kier molecular flexibility index (Phi) is 3.24. The smallest absolute Gasteiger partial charge is 0.166 e. The summed E-state index contributed by atoms with van der Waals surface area (Å²) in [5.74, 6) is 0.487. The van der Waals surface area contributed by atoms with Gasteiger partial charge in [0.1, 0.15) is 17.1 Å². The maximum absolute atomic E-state index is 9.10. The van der Waals surface area contributed by atoms with E-state index in [0.717, 1.165) is 5.69 Å². The lowest BCUT2D eigenvalue weighted by molar-refractivity contribution is 0.244. The van der Waals surface area contributed by atoms with E-state index in [1.807, 2.05) is 26.0 Å². The fourth-order valence-electron chi connectivity index (χ4n) is 1.61. The Morgan fingerprint density at radius 1 is 1.44 bits per heavy atom. The summed E-state index contributed by atoms with van der Waals surface area (Å²) in [6, 6.07) is 5.75. The molecule has 18 heavy (non-hydrogen) atoms. The minimum absolute atomic E-state index is 0.0307. The number of nitrogens with zero attached hydrogens (tertiary/aromatic N) is 3. The zero-order valence-electron chi connectivity index (χ0n) is 10.3. The number of ether oxygens (including phenoxy) is 1. The van der Waals surface area contributed by atoms with Crippen molar-refractivity contribution in [1.29, 1.82) is 5.26 Å². The number of hydrogen-bond donors (Lipinski definition) is 0. The fraction of sp³-hybridized carbons (Fsp3) is 0.214. The predicted octanol–water partition coefficient (Wildman–Crippen LogP) is 2.93. The van der Waals surface area contributed by atoms with E-state index in [9.17, 15) is 0 Å². The molecule has 0 amide bonds. The van der Waals surface area contributed by atoms with Crippen LogP contribution >= 0.6 is 0 Å². The Labute approximate surface area is 106 Å². The van der Waals surface area contributed by atoms with Gasteiger partial charge in [-0.2, -0.15) is 5.26 Å². The molecule has 90 valence electrons. The highest BCUT2D eigenvalue weighted by molar-refractivity contribution is 5.84. The molecular weight excluding hydrogens is 226 g/mol. The van der Waals surface area contributed by atoms with E-state index in [0.29, 0.717) is 22.3 Å². The van der Waals surface area contributed by atoms with Gasteiger partial charge in [-0.1, -0.05) is 6.58 Å². The highest BCUT2D eigenvalue weighted by atomic mass is 16.5. The van der Waals surface area contributed by atoms with Crippen molar-refractivity contribution in [3.8, 4) is 11.8 Å². The largest absolute Gasteiger partial charge is 0.487 e. The third-order valence-electron chi connectivity index (χ3n) is 2.37. The molecule has 0 unspecified atom stereocenters. The van der Waals surface area contributed by atoms with Crippen LogP contribution in [0.4, 0.5) is 0 Å². The van der Waals surface area contributed by atoms with Crippen LogP contribution in [0.5, 0.6) is 5.75 Å². The molecule has 0 fully saturated rings. The first kappa shape index (κ1) is 12.1. The Hall–Kier alpha value is -2.41. The second kappa shape index (κ2) is 4.84. The summed E-state index contributed by atoms with van der Waals surface area (Å²) in [7, 11) is 0. The number of nitriles is 1. The van der Waals surface area contributed by atoms with Crippen molar-refractivity contribution in [2.45, 2.75) is 20.0 Å². The van der Waals surface area contributed by atoms with Crippen LogP contribution in [0.3, 0.4) is 0 Å². The normalized spacial score (nSPS) is 10.3. The van der Waals surface area contributed by atoms with E-state index >= 15 is 0 Å². The highest BCUT2D eigenvalue weighted by Gasteiger charge is 2.13. The molecule has 0 spiro atoms. The first-order valence-corrected chi connectivity index (χ1v) is 5.64. The topological polar surface area (TPSA) is 58.8 Å². The van der Waals surface area contributed by atoms with E-state index < -0.39 is 0 Å². The van der Waals surface area contributed by atoms with Crippen LogP contribution in [0.25, 0.3) is 17.1 Å². The van der Waals surface area contributed by atoms with Crippen LogP contribution < -0.4 is 4.74 Å². The number of aromatic nitrogens is 2. The van der Waals surface area contributed by atoms with Gasteiger partial charge in [-0.15, -0.1) is 0 Å². The molecule has 0 aliphatic rings. The molecule has 2 rings (SSSR count). The van der Waals surface area contributed by atoms with Crippen molar-refractivity contribution in [2.75, 3.05) is 0 Å². The molecule has 0 saturated heterocycles. The number of hydrogen-bond acceptors (Lipinski definition) is 4. The van der Waals surface area contributed by atoms with Gasteiger partial charge in [-0.3, -0.25) is 4.98 Å². The van der Waals surface area contributed by atoms with E-state index in [2.05, 4.69) is 22.6 Å². The molecule has 2 heterocycles. The molecule has 2 aromatic heterocycles. The standard InChI is InChI=1S/C14H13N3O/c1-4-11-5-6-12-13(17-11)14(18-9(2)3)10(7-15)8-16-12/h4-6,8-9H,1H2,2-3H3. The second-order valence-corrected chi connectivity index (χ2v) is 4.09. The average Bonchev–Trinajstić information content (AvgIpc) is 2.38. The molecule has 0 N–H and O–H groups in total. The number of rotatable bonds is 3. The van der Waals surface area contributed by atoms with E-state index in [1.54, 1.807) is 6.08 Å². The number of fused-ring (bicyclic) bond motifs is 1. The van der Waals surface area contributed by atoms with Crippen LogP contribution in [0.15, 0.2) is 24.9 Å². The van der Waals surface area contributed by atoms with Crippen molar-refractivity contribution in [3.05, 3.63) is 36.2 Å². The maximum Gasteiger partial charge on any atom is 0.166 e. The van der Waals surface area contributed by atoms with Gasteiger partial charge in [0.15, 0.2) is 5.75 Å². The zero-order valence-corrected chi connectivity index (χ0v) is 10.3. The lowest BCUT2D eigenvalue weighted by atomic mass is 10.2. The van der Waals surface area contributed by atoms with Gasteiger partial charge in [-0.25, -0.2) is 4.98 Å². The van der Waals surface area contributed by atoms with Gasteiger partial charge in [0.05, 0.1) is 17.3 Å². The quantitative estimate of drug-likeness (QED) is 0.826. The third kappa shape index (κ3) is 2.16. The molecule has 0 atom stereocenters. The van der Waals surface area contributed by atoms with Gasteiger partial charge in [0, 0.05) is 6.20 Å². The Balaban J connectivity index is 2.74. The Bertz CT molecular complexity index is 641. The summed E-state index contributed by atoms with van der Waals surface area (Å²) in [6.07, 6.45) is 3.13. The van der Waals surface area contributed by atoms with Crippen molar-refractivity contribution >= 4 is 17.1 Å². The lowest BCUT2D eigenvalue weighted by Crippen LogP contribution is -2.08. The molecular formula is C14H13N3O. The van der Waals surface area contributed by atoms with Crippen LogP contribution in [0.1, 0.15) is 25.1 Å². The monoisotopic (exact) mass is 239 g/mol. The molecule has 0 saturated carbocycles. The van der Waals surface area contributed by atoms with Crippen molar-refractivity contribution in [2.24, 2.45) is 0 Å². The number of pyridine rings is 2. The first-order valence-electron chi connectivity index (χ1n) is 5.64. The van der Waals surface area contributed by atoms with Crippen LogP contribution in [0, 0.1) is 11.3 Å². The van der Waals surface area contributed by atoms with Crippen LogP contribution in [-0.2, 0) is 0 Å². The van der Waals surface area contributed by atoms with Crippen molar-refractivity contribution in [1.82, 2.24) is 9.97 Å². The molecule has 0 aliphatic carbocycles. The summed E-state index contributed by atoms with van der Waals surface area (Å²) in [4.78, 5) is 8.59. The molecule has 0 aromatic carbocycles. The van der Waals surface area contributed by atoms with Gasteiger partial charge >= 0.3 is 0 Å². The summed E-state index contributed by atoms with van der Waals surface area (Å²) in [5, 5.41) is 9.10.